The number of fused-ring (bicyclic) bond motifs is 1. The maximum atomic E-state index is 13.0. The zero-order valence-electron chi connectivity index (χ0n) is 15.8. The molecule has 0 radical (unpaired) electrons. The van der Waals surface area contributed by atoms with E-state index in [-0.39, 0.29) is 11.8 Å². The van der Waals surface area contributed by atoms with E-state index < -0.39 is 0 Å². The van der Waals surface area contributed by atoms with E-state index in [1.165, 1.54) is 0 Å². The van der Waals surface area contributed by atoms with Crippen LogP contribution in [-0.2, 0) is 17.9 Å². The molecule has 6 heteroatoms. The van der Waals surface area contributed by atoms with Crippen LogP contribution in [0.5, 0.6) is 5.75 Å². The van der Waals surface area contributed by atoms with Crippen LogP contribution in [0, 0.1) is 5.92 Å². The maximum absolute atomic E-state index is 13.0. The van der Waals surface area contributed by atoms with Gasteiger partial charge in [-0.05, 0) is 42.7 Å². The zero-order chi connectivity index (χ0) is 19.5. The first kappa shape index (κ1) is 18.7. The van der Waals surface area contributed by atoms with Crippen LogP contribution in [0.3, 0.4) is 0 Å². The number of nitrogens with zero attached hydrogens (tertiary/aromatic N) is 3. The quantitative estimate of drug-likeness (QED) is 0.571. The summed E-state index contributed by atoms with van der Waals surface area (Å²) in [7, 11) is 1.62. The Labute approximate surface area is 169 Å². The van der Waals surface area contributed by atoms with Crippen LogP contribution in [0.1, 0.15) is 30.4 Å². The Balaban J connectivity index is 1.63. The maximum Gasteiger partial charge on any atom is 0.226 e. The minimum atomic E-state index is 0.119. The van der Waals surface area contributed by atoms with Gasteiger partial charge in [0.15, 0.2) is 0 Å². The van der Waals surface area contributed by atoms with Crippen molar-refractivity contribution in [2.24, 2.45) is 5.92 Å². The van der Waals surface area contributed by atoms with Crippen molar-refractivity contribution in [3.63, 3.8) is 0 Å². The average Bonchev–Trinajstić information content (AvgIpc) is 2.67. The van der Waals surface area contributed by atoms with Gasteiger partial charge in [0.1, 0.15) is 10.9 Å². The van der Waals surface area contributed by atoms with Crippen LogP contribution in [0.25, 0.3) is 10.9 Å². The molecule has 1 aliphatic carbocycles. The number of benzene rings is 1. The van der Waals surface area contributed by atoms with Crippen molar-refractivity contribution in [1.29, 1.82) is 0 Å². The van der Waals surface area contributed by atoms with Crippen molar-refractivity contribution in [2.75, 3.05) is 7.11 Å². The molecule has 0 aliphatic heterocycles. The second-order valence-corrected chi connectivity index (χ2v) is 7.54. The SMILES string of the molecule is COc1ccc2cc(CN(Cc3cccnc3)C(=O)C3CCC3)c(Cl)nc2c1. The van der Waals surface area contributed by atoms with Gasteiger partial charge in [-0.25, -0.2) is 4.98 Å². The minimum absolute atomic E-state index is 0.119. The molecule has 144 valence electrons. The Morgan fingerprint density at radius 1 is 1.25 bits per heavy atom. The number of carbonyl (C=O) groups excluding carboxylic acids is 1. The lowest BCUT2D eigenvalue weighted by molar-refractivity contribution is -0.139. The van der Waals surface area contributed by atoms with E-state index in [4.69, 9.17) is 16.3 Å². The van der Waals surface area contributed by atoms with Crippen molar-refractivity contribution in [3.8, 4) is 5.75 Å². The van der Waals surface area contributed by atoms with E-state index in [2.05, 4.69) is 9.97 Å². The van der Waals surface area contributed by atoms with Gasteiger partial charge in [0, 0.05) is 48.4 Å². The zero-order valence-corrected chi connectivity index (χ0v) is 16.5. The van der Waals surface area contributed by atoms with E-state index in [9.17, 15) is 4.79 Å². The molecule has 3 aromatic rings. The highest BCUT2D eigenvalue weighted by Crippen LogP contribution is 2.31. The van der Waals surface area contributed by atoms with Crippen LogP contribution in [-0.4, -0.2) is 27.9 Å². The third-order valence-electron chi connectivity index (χ3n) is 5.27. The predicted molar refractivity (Wildman–Crippen MR) is 109 cm³/mol. The Kier molecular flexibility index (Phi) is 5.44. The largest absolute Gasteiger partial charge is 0.497 e. The van der Waals surface area contributed by atoms with Crippen LogP contribution >= 0.6 is 11.6 Å². The number of carbonyl (C=O) groups is 1. The van der Waals surface area contributed by atoms with Crippen molar-refractivity contribution < 1.29 is 9.53 Å². The number of pyridine rings is 2. The van der Waals surface area contributed by atoms with E-state index in [1.54, 1.807) is 19.5 Å². The van der Waals surface area contributed by atoms with Gasteiger partial charge in [-0.1, -0.05) is 24.1 Å². The van der Waals surface area contributed by atoms with Gasteiger partial charge in [0.05, 0.1) is 12.6 Å². The first-order chi connectivity index (χ1) is 13.6. The number of amides is 1. The summed E-state index contributed by atoms with van der Waals surface area (Å²) in [5.41, 5.74) is 2.62. The smallest absolute Gasteiger partial charge is 0.226 e. The molecule has 28 heavy (non-hydrogen) atoms. The molecule has 0 atom stereocenters. The Morgan fingerprint density at radius 3 is 2.79 bits per heavy atom. The van der Waals surface area contributed by atoms with Crippen molar-refractivity contribution in [1.82, 2.24) is 14.9 Å². The van der Waals surface area contributed by atoms with E-state index >= 15 is 0 Å². The molecular weight excluding hydrogens is 374 g/mol. The first-order valence-electron chi connectivity index (χ1n) is 9.45. The fraction of sp³-hybridized carbons (Fsp3) is 0.318. The summed E-state index contributed by atoms with van der Waals surface area (Å²) < 4.78 is 5.26. The summed E-state index contributed by atoms with van der Waals surface area (Å²) in [6, 6.07) is 11.6. The van der Waals surface area contributed by atoms with E-state index in [0.717, 1.165) is 47.0 Å². The summed E-state index contributed by atoms with van der Waals surface area (Å²) in [4.78, 5) is 23.6. The number of ether oxygens (including phenoxy) is 1. The number of halogens is 1. The van der Waals surface area contributed by atoms with Gasteiger partial charge in [0.25, 0.3) is 0 Å². The Morgan fingerprint density at radius 2 is 2.11 bits per heavy atom. The normalized spacial score (nSPS) is 13.9. The number of aromatic nitrogens is 2. The van der Waals surface area contributed by atoms with Gasteiger partial charge in [0.2, 0.25) is 5.91 Å². The second-order valence-electron chi connectivity index (χ2n) is 7.18. The van der Waals surface area contributed by atoms with Gasteiger partial charge < -0.3 is 9.64 Å². The number of hydrogen-bond donors (Lipinski definition) is 0. The number of hydrogen-bond acceptors (Lipinski definition) is 4. The molecule has 0 saturated heterocycles. The van der Waals surface area contributed by atoms with Crippen molar-refractivity contribution >= 4 is 28.4 Å². The Bertz CT molecular complexity index is 990. The lowest BCUT2D eigenvalue weighted by atomic mass is 9.84. The van der Waals surface area contributed by atoms with Crippen LogP contribution in [0.15, 0.2) is 48.8 Å². The summed E-state index contributed by atoms with van der Waals surface area (Å²) >= 11 is 6.48. The Hall–Kier alpha value is -2.66. The van der Waals surface area contributed by atoms with Crippen LogP contribution < -0.4 is 4.74 Å². The monoisotopic (exact) mass is 395 g/mol. The van der Waals surface area contributed by atoms with Gasteiger partial charge in [-0.3, -0.25) is 9.78 Å². The summed E-state index contributed by atoms with van der Waals surface area (Å²) in [5.74, 6) is 1.04. The van der Waals surface area contributed by atoms with Gasteiger partial charge in [-0.2, -0.15) is 0 Å². The molecule has 2 aromatic heterocycles. The standard InChI is InChI=1S/C22H22ClN3O2/c1-28-19-8-7-17-10-18(21(23)25-20(17)11-19)14-26(22(27)16-5-2-6-16)13-15-4-3-9-24-12-15/h3-4,7-12,16H,2,5-6,13-14H2,1H3. The molecule has 1 saturated carbocycles. The summed E-state index contributed by atoms with van der Waals surface area (Å²) in [6.45, 7) is 0.943. The minimum Gasteiger partial charge on any atom is -0.497 e. The molecule has 1 aromatic carbocycles. The predicted octanol–water partition coefficient (Wildman–Crippen LogP) is 4.62. The molecule has 1 fully saturated rings. The lowest BCUT2D eigenvalue weighted by Crippen LogP contribution is -2.38. The third-order valence-corrected chi connectivity index (χ3v) is 5.60. The highest BCUT2D eigenvalue weighted by molar-refractivity contribution is 6.30. The summed E-state index contributed by atoms with van der Waals surface area (Å²) in [5, 5.41) is 1.39. The molecule has 0 spiro atoms. The van der Waals surface area contributed by atoms with Crippen molar-refractivity contribution in [3.05, 3.63) is 65.1 Å². The topological polar surface area (TPSA) is 55.3 Å². The van der Waals surface area contributed by atoms with E-state index in [0.29, 0.717) is 18.2 Å². The lowest BCUT2D eigenvalue weighted by Gasteiger charge is -2.32. The average molecular weight is 396 g/mol. The molecular formula is C22H22ClN3O2. The van der Waals surface area contributed by atoms with Gasteiger partial charge >= 0.3 is 0 Å². The molecule has 1 aliphatic rings. The summed E-state index contributed by atoms with van der Waals surface area (Å²) in [6.07, 6.45) is 6.59. The molecule has 2 heterocycles. The van der Waals surface area contributed by atoms with Crippen LogP contribution in [0.2, 0.25) is 5.15 Å². The van der Waals surface area contributed by atoms with Crippen LogP contribution in [0.4, 0.5) is 0 Å². The molecule has 0 bridgehead atoms. The highest BCUT2D eigenvalue weighted by Gasteiger charge is 2.30. The van der Waals surface area contributed by atoms with Gasteiger partial charge in [-0.15, -0.1) is 0 Å². The molecule has 4 rings (SSSR count). The molecule has 0 unspecified atom stereocenters. The highest BCUT2D eigenvalue weighted by atomic mass is 35.5. The number of methoxy groups -OCH3 is 1. The third kappa shape index (κ3) is 3.94. The molecule has 1 amide bonds. The number of rotatable bonds is 6. The molecule has 0 N–H and O–H groups in total. The fourth-order valence-corrected chi connectivity index (χ4v) is 3.65. The fourth-order valence-electron chi connectivity index (χ4n) is 3.45. The first-order valence-corrected chi connectivity index (χ1v) is 9.82. The molecule has 5 nitrogen and oxygen atoms in total. The van der Waals surface area contributed by atoms with Crippen molar-refractivity contribution in [2.45, 2.75) is 32.4 Å². The second kappa shape index (κ2) is 8.15. The van der Waals surface area contributed by atoms with E-state index in [1.807, 2.05) is 41.3 Å².